The van der Waals surface area contributed by atoms with Crippen LogP contribution in [-0.4, -0.2) is 23.9 Å². The van der Waals surface area contributed by atoms with E-state index in [4.69, 9.17) is 20.4 Å². The normalized spacial score (nSPS) is 9.12. The van der Waals surface area contributed by atoms with E-state index in [2.05, 4.69) is 6.92 Å². The van der Waals surface area contributed by atoms with Crippen molar-refractivity contribution in [3.05, 3.63) is 0 Å². The van der Waals surface area contributed by atoms with Crippen molar-refractivity contribution in [2.24, 2.45) is 5.73 Å². The molecule has 0 amide bonds. The van der Waals surface area contributed by atoms with Gasteiger partial charge in [0, 0.05) is 0 Å². The van der Waals surface area contributed by atoms with Crippen LogP contribution in [0.5, 0.6) is 0 Å². The molecule has 16 heavy (non-hydrogen) atoms. The Balaban J connectivity index is 0. The van der Waals surface area contributed by atoms with E-state index < -0.39 is 5.97 Å². The van der Waals surface area contributed by atoms with E-state index in [9.17, 15) is 0 Å². The summed E-state index contributed by atoms with van der Waals surface area (Å²) >= 11 is 0. The second-order valence-corrected chi connectivity index (χ2v) is 3.72. The van der Waals surface area contributed by atoms with Gasteiger partial charge < -0.3 is 10.8 Å². The van der Waals surface area contributed by atoms with Crippen LogP contribution in [0.4, 0.5) is 0 Å². The average Bonchev–Trinajstić information content (AvgIpc) is 2.29. The molecule has 0 aromatic heterocycles. The summed E-state index contributed by atoms with van der Waals surface area (Å²) in [5, 5.41) is 7.35. The van der Waals surface area contributed by atoms with Crippen LogP contribution in [0.2, 0.25) is 0 Å². The molecule has 0 aliphatic rings. The number of carboxylic acid groups (broad SMARTS) is 1. The summed E-state index contributed by atoms with van der Waals surface area (Å²) < 4.78 is 0. The molecule has 3 N–H and O–H groups in total. The van der Waals surface area contributed by atoms with Gasteiger partial charge in [0.25, 0.3) is 0 Å². The number of aldehydes is 1. The highest BCUT2D eigenvalue weighted by Gasteiger charge is 1.89. The Labute approximate surface area is 98.2 Å². The van der Waals surface area contributed by atoms with Gasteiger partial charge in [-0.1, -0.05) is 51.9 Å². The van der Waals surface area contributed by atoms with Crippen molar-refractivity contribution in [3.8, 4) is 0 Å². The van der Waals surface area contributed by atoms with Gasteiger partial charge in [-0.05, 0) is 13.0 Å². The van der Waals surface area contributed by atoms with Crippen molar-refractivity contribution in [1.29, 1.82) is 0 Å². The second kappa shape index (κ2) is 16.5. The number of rotatable bonds is 9. The SMILES string of the molecule is CCCCCCCCCCN.O=CC(=O)O. The number of carbonyl (C=O) groups is 2. The number of hydrogen-bond donors (Lipinski definition) is 2. The van der Waals surface area contributed by atoms with Gasteiger partial charge in [-0.15, -0.1) is 0 Å². The van der Waals surface area contributed by atoms with E-state index in [1.165, 1.54) is 51.4 Å². The molecule has 0 saturated heterocycles. The Morgan fingerprint density at radius 1 is 1.06 bits per heavy atom. The smallest absolute Gasteiger partial charge is 0.368 e. The van der Waals surface area contributed by atoms with Gasteiger partial charge in [-0.3, -0.25) is 4.79 Å². The summed E-state index contributed by atoms with van der Waals surface area (Å²) in [6.07, 6.45) is 10.8. The number of hydrogen-bond acceptors (Lipinski definition) is 3. The Morgan fingerprint density at radius 2 is 1.44 bits per heavy atom. The minimum Gasteiger partial charge on any atom is -0.476 e. The Bertz CT molecular complexity index is 152. The average molecular weight is 231 g/mol. The fourth-order valence-corrected chi connectivity index (χ4v) is 1.28. The van der Waals surface area contributed by atoms with Gasteiger partial charge in [-0.25, -0.2) is 4.79 Å². The zero-order valence-electron chi connectivity index (χ0n) is 10.3. The molecule has 0 aliphatic heterocycles. The molecule has 0 rings (SSSR count). The third-order valence-electron chi connectivity index (χ3n) is 2.16. The van der Waals surface area contributed by atoms with Crippen molar-refractivity contribution in [2.45, 2.75) is 58.3 Å². The zero-order valence-corrected chi connectivity index (χ0v) is 10.3. The zero-order chi connectivity index (χ0) is 12.6. The predicted octanol–water partition coefficient (Wildman–Crippen LogP) is 2.36. The van der Waals surface area contributed by atoms with E-state index in [-0.39, 0.29) is 6.29 Å². The summed E-state index contributed by atoms with van der Waals surface area (Å²) in [7, 11) is 0. The van der Waals surface area contributed by atoms with Crippen molar-refractivity contribution in [3.63, 3.8) is 0 Å². The third kappa shape index (κ3) is 23.2. The molecule has 0 aromatic rings. The van der Waals surface area contributed by atoms with Crippen molar-refractivity contribution < 1.29 is 14.7 Å². The standard InChI is InChI=1S/C10H23N.C2H2O3/c1-2-3-4-5-6-7-8-9-10-11;3-1-2(4)5/h2-11H2,1H3;1H,(H,4,5). The lowest BCUT2D eigenvalue weighted by atomic mass is 10.1. The van der Waals surface area contributed by atoms with Crippen LogP contribution in [-0.2, 0) is 9.59 Å². The predicted molar refractivity (Wildman–Crippen MR) is 65.4 cm³/mol. The maximum Gasteiger partial charge on any atom is 0.368 e. The molecule has 4 heteroatoms. The molecule has 0 aliphatic carbocycles. The van der Waals surface area contributed by atoms with Crippen LogP contribution >= 0.6 is 0 Å². The third-order valence-corrected chi connectivity index (χ3v) is 2.16. The second-order valence-electron chi connectivity index (χ2n) is 3.72. The summed E-state index contributed by atoms with van der Waals surface area (Å²) in [6, 6.07) is 0. The Hall–Kier alpha value is -0.900. The molecule has 0 heterocycles. The van der Waals surface area contributed by atoms with E-state index in [1.807, 2.05) is 0 Å². The molecular weight excluding hydrogens is 206 g/mol. The molecule has 0 radical (unpaired) electrons. The molecule has 0 unspecified atom stereocenters. The first kappa shape index (κ1) is 17.5. The molecule has 0 aromatic carbocycles. The number of unbranched alkanes of at least 4 members (excludes halogenated alkanes) is 7. The van der Waals surface area contributed by atoms with Crippen LogP contribution in [0.15, 0.2) is 0 Å². The topological polar surface area (TPSA) is 80.4 Å². The minimum atomic E-state index is -1.43. The van der Waals surface area contributed by atoms with Gasteiger partial charge in [0.05, 0.1) is 0 Å². The lowest BCUT2D eigenvalue weighted by Crippen LogP contribution is -1.97. The summed E-state index contributed by atoms with van der Waals surface area (Å²) in [5.74, 6) is -1.43. The highest BCUT2D eigenvalue weighted by atomic mass is 16.4. The van der Waals surface area contributed by atoms with Crippen LogP contribution in [0, 0.1) is 0 Å². The lowest BCUT2D eigenvalue weighted by molar-refractivity contribution is -0.143. The number of aliphatic carboxylic acids is 1. The maximum absolute atomic E-state index is 9.00. The molecule has 0 fully saturated rings. The molecule has 0 atom stereocenters. The fraction of sp³-hybridized carbons (Fsp3) is 0.833. The van der Waals surface area contributed by atoms with Crippen LogP contribution in [0.1, 0.15) is 58.3 Å². The largest absolute Gasteiger partial charge is 0.476 e. The van der Waals surface area contributed by atoms with E-state index >= 15 is 0 Å². The van der Waals surface area contributed by atoms with Crippen molar-refractivity contribution in [2.75, 3.05) is 6.54 Å². The first-order valence-electron chi connectivity index (χ1n) is 6.07. The van der Waals surface area contributed by atoms with Gasteiger partial charge in [0.2, 0.25) is 6.29 Å². The lowest BCUT2D eigenvalue weighted by Gasteiger charge is -1.99. The van der Waals surface area contributed by atoms with E-state index in [0.717, 1.165) is 6.54 Å². The van der Waals surface area contributed by atoms with Crippen molar-refractivity contribution in [1.82, 2.24) is 0 Å². The van der Waals surface area contributed by atoms with E-state index in [0.29, 0.717) is 0 Å². The summed E-state index contributed by atoms with van der Waals surface area (Å²) in [5.41, 5.74) is 5.39. The highest BCUT2D eigenvalue weighted by molar-refractivity contribution is 6.19. The molecule has 0 spiro atoms. The monoisotopic (exact) mass is 231 g/mol. The first-order valence-corrected chi connectivity index (χ1v) is 6.07. The molecule has 4 nitrogen and oxygen atoms in total. The van der Waals surface area contributed by atoms with Gasteiger partial charge >= 0.3 is 5.97 Å². The molecular formula is C12H25NO3. The summed E-state index contributed by atoms with van der Waals surface area (Å²) in [4.78, 5) is 17.9. The Morgan fingerprint density at radius 3 is 1.75 bits per heavy atom. The fourth-order valence-electron chi connectivity index (χ4n) is 1.28. The molecule has 0 bridgehead atoms. The molecule has 96 valence electrons. The number of carbonyl (C=O) groups excluding carboxylic acids is 1. The van der Waals surface area contributed by atoms with Crippen LogP contribution in [0.25, 0.3) is 0 Å². The maximum atomic E-state index is 9.00. The number of carboxylic acids is 1. The minimum absolute atomic E-state index is 0.167. The summed E-state index contributed by atoms with van der Waals surface area (Å²) in [6.45, 7) is 3.13. The van der Waals surface area contributed by atoms with Crippen LogP contribution < -0.4 is 5.73 Å². The Kier molecular flexibility index (Phi) is 18.1. The molecule has 0 saturated carbocycles. The van der Waals surface area contributed by atoms with Crippen molar-refractivity contribution >= 4 is 12.3 Å². The quantitative estimate of drug-likeness (QED) is 0.362. The van der Waals surface area contributed by atoms with Gasteiger partial charge in [0.1, 0.15) is 0 Å². The van der Waals surface area contributed by atoms with Crippen LogP contribution in [0.3, 0.4) is 0 Å². The highest BCUT2D eigenvalue weighted by Crippen LogP contribution is 2.07. The first-order chi connectivity index (χ1) is 7.68. The van der Waals surface area contributed by atoms with Gasteiger partial charge in [-0.2, -0.15) is 0 Å². The van der Waals surface area contributed by atoms with E-state index in [1.54, 1.807) is 0 Å². The van der Waals surface area contributed by atoms with Gasteiger partial charge in [0.15, 0.2) is 0 Å². The number of nitrogens with two attached hydrogens (primary N) is 1.